The van der Waals surface area contributed by atoms with E-state index < -0.39 is 0 Å². The van der Waals surface area contributed by atoms with Crippen molar-refractivity contribution in [3.63, 3.8) is 0 Å². The Bertz CT molecular complexity index is 152. The minimum Gasteiger partial charge on any atom is -0.266 e. The molecule has 0 aromatic carbocycles. The number of allylic oxidation sites excluding steroid dienone is 3. The van der Waals surface area contributed by atoms with Crippen LogP contribution < -0.4 is 0 Å². The van der Waals surface area contributed by atoms with Gasteiger partial charge in [0.15, 0.2) is 0 Å². The zero-order valence-electron chi connectivity index (χ0n) is 6.96. The van der Waals surface area contributed by atoms with Gasteiger partial charge in [0.05, 0.1) is 0 Å². The summed E-state index contributed by atoms with van der Waals surface area (Å²) in [4.78, 5) is 4.18. The summed E-state index contributed by atoms with van der Waals surface area (Å²) in [5, 5.41) is 0. The maximum absolute atomic E-state index is 4.18. The fourth-order valence-electron chi connectivity index (χ4n) is 0.654. The van der Waals surface area contributed by atoms with E-state index >= 15 is 0 Å². The smallest absolute Gasteiger partial charge is 0.0424 e. The minimum atomic E-state index is 0.481. The van der Waals surface area contributed by atoms with Crippen molar-refractivity contribution in [2.24, 2.45) is 10.9 Å². The molecule has 1 heteroatoms. The fraction of sp³-hybridized carbons (Fsp3) is 0.444. The second-order valence-corrected chi connectivity index (χ2v) is 2.37. The Morgan fingerprint density at radius 3 is 2.40 bits per heavy atom. The maximum Gasteiger partial charge on any atom is 0.0424 e. The molecule has 0 rings (SSSR count). The zero-order chi connectivity index (χ0) is 7.98. The molecule has 0 aliphatic rings. The largest absolute Gasteiger partial charge is 0.266 e. The highest BCUT2D eigenvalue weighted by Gasteiger charge is 1.96. The molecule has 10 heavy (non-hydrogen) atoms. The van der Waals surface area contributed by atoms with Gasteiger partial charge in [0.1, 0.15) is 0 Å². The molecule has 0 bridgehead atoms. The Hall–Kier alpha value is -0.850. The Balaban J connectivity index is 4.25. The van der Waals surface area contributed by atoms with Gasteiger partial charge in [0.2, 0.25) is 0 Å². The van der Waals surface area contributed by atoms with Gasteiger partial charge in [-0.15, -0.1) is 0 Å². The lowest BCUT2D eigenvalue weighted by molar-refractivity contribution is 0.759. The van der Waals surface area contributed by atoms with Crippen LogP contribution in [0.3, 0.4) is 0 Å². The highest BCUT2D eigenvalue weighted by Crippen LogP contribution is 2.09. The lowest BCUT2D eigenvalue weighted by Gasteiger charge is -2.02. The van der Waals surface area contributed by atoms with Crippen LogP contribution in [0.2, 0.25) is 0 Å². The molecule has 0 radical (unpaired) electrons. The average molecular weight is 137 g/mol. The van der Waals surface area contributed by atoms with Crippen molar-refractivity contribution in [3.8, 4) is 0 Å². The topological polar surface area (TPSA) is 12.4 Å². The first-order valence-corrected chi connectivity index (χ1v) is 3.53. The van der Waals surface area contributed by atoms with E-state index in [1.165, 1.54) is 0 Å². The molecule has 1 nitrogen and oxygen atoms in total. The molecule has 0 aromatic rings. The van der Waals surface area contributed by atoms with Crippen molar-refractivity contribution >= 4 is 6.21 Å². The molecular weight excluding hydrogens is 122 g/mol. The molecule has 0 amide bonds. The summed E-state index contributed by atoms with van der Waals surface area (Å²) >= 11 is 0. The summed E-state index contributed by atoms with van der Waals surface area (Å²) in [6, 6.07) is 0. The van der Waals surface area contributed by atoms with Crippen LogP contribution in [0.1, 0.15) is 20.8 Å². The predicted molar refractivity (Wildman–Crippen MR) is 47.3 cm³/mol. The quantitative estimate of drug-likeness (QED) is 0.419. The van der Waals surface area contributed by atoms with E-state index in [0.29, 0.717) is 5.92 Å². The van der Waals surface area contributed by atoms with E-state index in [2.05, 4.69) is 25.4 Å². The third-order valence-electron chi connectivity index (χ3n) is 1.16. The molecule has 0 fully saturated rings. The Labute approximate surface area is 63.2 Å². The first kappa shape index (κ1) is 9.15. The first-order chi connectivity index (χ1) is 4.72. The Morgan fingerprint density at radius 1 is 1.50 bits per heavy atom. The van der Waals surface area contributed by atoms with Crippen molar-refractivity contribution in [1.29, 1.82) is 0 Å². The van der Waals surface area contributed by atoms with Crippen LogP contribution in [-0.4, -0.2) is 6.21 Å². The van der Waals surface area contributed by atoms with Crippen LogP contribution in [0.5, 0.6) is 0 Å². The normalized spacial score (nSPS) is 13.0. The SMILES string of the molecule is C=C/C=C(\N=CC)C(C)C. The molecule has 0 unspecified atom stereocenters. The van der Waals surface area contributed by atoms with E-state index in [0.717, 1.165) is 5.70 Å². The van der Waals surface area contributed by atoms with Crippen LogP contribution in [0.15, 0.2) is 29.4 Å². The van der Waals surface area contributed by atoms with Crippen LogP contribution in [0.25, 0.3) is 0 Å². The van der Waals surface area contributed by atoms with E-state index in [9.17, 15) is 0 Å². The molecule has 56 valence electrons. The molecule has 0 N–H and O–H groups in total. The molecule has 0 atom stereocenters. The van der Waals surface area contributed by atoms with Crippen molar-refractivity contribution in [3.05, 3.63) is 24.4 Å². The molecule has 0 aliphatic heterocycles. The average Bonchev–Trinajstić information content (AvgIpc) is 1.87. The summed E-state index contributed by atoms with van der Waals surface area (Å²) in [6.07, 6.45) is 5.50. The van der Waals surface area contributed by atoms with E-state index in [1.54, 1.807) is 12.3 Å². The van der Waals surface area contributed by atoms with Crippen LogP contribution in [0.4, 0.5) is 0 Å². The van der Waals surface area contributed by atoms with Gasteiger partial charge in [-0.1, -0.05) is 26.5 Å². The lowest BCUT2D eigenvalue weighted by atomic mass is 10.1. The van der Waals surface area contributed by atoms with Crippen molar-refractivity contribution in [2.75, 3.05) is 0 Å². The van der Waals surface area contributed by atoms with Gasteiger partial charge in [-0.05, 0) is 18.9 Å². The molecule has 0 spiro atoms. The number of hydrogen-bond acceptors (Lipinski definition) is 1. The third-order valence-corrected chi connectivity index (χ3v) is 1.16. The third kappa shape index (κ3) is 3.23. The Kier molecular flexibility index (Phi) is 4.55. The first-order valence-electron chi connectivity index (χ1n) is 3.53. The summed E-state index contributed by atoms with van der Waals surface area (Å²) in [7, 11) is 0. The molecule has 0 saturated heterocycles. The van der Waals surface area contributed by atoms with Crippen molar-refractivity contribution in [1.82, 2.24) is 0 Å². The van der Waals surface area contributed by atoms with Gasteiger partial charge < -0.3 is 0 Å². The Morgan fingerprint density at radius 2 is 2.10 bits per heavy atom. The molecular formula is C9H15N. The fourth-order valence-corrected chi connectivity index (χ4v) is 0.654. The van der Waals surface area contributed by atoms with Crippen LogP contribution in [0, 0.1) is 5.92 Å². The van der Waals surface area contributed by atoms with Gasteiger partial charge in [-0.2, -0.15) is 0 Å². The van der Waals surface area contributed by atoms with Crippen molar-refractivity contribution in [2.45, 2.75) is 20.8 Å². The maximum atomic E-state index is 4.18. The highest BCUT2D eigenvalue weighted by atomic mass is 14.7. The van der Waals surface area contributed by atoms with Gasteiger partial charge >= 0.3 is 0 Å². The summed E-state index contributed by atoms with van der Waals surface area (Å²) in [5.41, 5.74) is 1.08. The van der Waals surface area contributed by atoms with E-state index in [4.69, 9.17) is 0 Å². The van der Waals surface area contributed by atoms with Gasteiger partial charge in [0, 0.05) is 11.9 Å². The second-order valence-electron chi connectivity index (χ2n) is 2.37. The second kappa shape index (κ2) is 4.98. The van der Waals surface area contributed by atoms with Crippen LogP contribution in [-0.2, 0) is 0 Å². The molecule has 0 aliphatic carbocycles. The standard InChI is InChI=1S/C9H15N/c1-5-7-9(8(3)4)10-6-2/h5-8H,1H2,2-4H3/b9-7-,10-6?. The highest BCUT2D eigenvalue weighted by molar-refractivity contribution is 5.55. The van der Waals surface area contributed by atoms with Gasteiger partial charge in [-0.25, -0.2) is 0 Å². The molecule has 0 aromatic heterocycles. The minimum absolute atomic E-state index is 0.481. The number of rotatable bonds is 3. The molecule has 0 heterocycles. The van der Waals surface area contributed by atoms with Gasteiger partial charge in [0.25, 0.3) is 0 Å². The van der Waals surface area contributed by atoms with E-state index in [-0.39, 0.29) is 0 Å². The zero-order valence-corrected chi connectivity index (χ0v) is 6.96. The van der Waals surface area contributed by atoms with Crippen LogP contribution >= 0.6 is 0 Å². The number of hydrogen-bond donors (Lipinski definition) is 0. The number of nitrogens with zero attached hydrogens (tertiary/aromatic N) is 1. The summed E-state index contributed by atoms with van der Waals surface area (Å²) in [6.45, 7) is 9.76. The predicted octanol–water partition coefficient (Wildman–Crippen LogP) is 2.80. The van der Waals surface area contributed by atoms with E-state index in [1.807, 2.05) is 13.0 Å². The lowest BCUT2D eigenvalue weighted by Crippen LogP contribution is -1.89. The molecule has 0 saturated carbocycles. The summed E-state index contributed by atoms with van der Waals surface area (Å²) in [5.74, 6) is 0.481. The number of aliphatic imine (C=N–C) groups is 1. The van der Waals surface area contributed by atoms with Crippen molar-refractivity contribution < 1.29 is 0 Å². The summed E-state index contributed by atoms with van der Waals surface area (Å²) < 4.78 is 0. The monoisotopic (exact) mass is 137 g/mol. The van der Waals surface area contributed by atoms with Gasteiger partial charge in [-0.3, -0.25) is 4.99 Å².